The highest BCUT2D eigenvalue weighted by atomic mass is 32.2. The summed E-state index contributed by atoms with van der Waals surface area (Å²) < 4.78 is 0. The van der Waals surface area contributed by atoms with Gasteiger partial charge in [0, 0.05) is 131 Å². The van der Waals surface area contributed by atoms with E-state index in [1.165, 1.54) is 64.9 Å². The lowest BCUT2D eigenvalue weighted by Crippen LogP contribution is -2.61. The maximum atomic E-state index is 15.9. The van der Waals surface area contributed by atoms with Crippen LogP contribution in [0.5, 0.6) is 0 Å². The number of carboxylic acid groups (broad SMARTS) is 1. The second-order valence-corrected chi connectivity index (χ2v) is 35.8. The molecule has 0 aliphatic carbocycles. The number of hydrogen-bond donors (Lipinski definition) is 21. The number of aromatic amines is 3. The first kappa shape index (κ1) is 108. The van der Waals surface area contributed by atoms with Gasteiger partial charge in [0.2, 0.25) is 100 Å². The topological polar surface area (TPSA) is 708 Å². The fraction of sp³-hybridized carbons (Fsp3) is 0.511. The quantitative estimate of drug-likeness (QED) is 0.0128. The Kier molecular flexibility index (Phi) is 40.5. The molecule has 3 saturated heterocycles. The van der Waals surface area contributed by atoms with Crippen molar-refractivity contribution < 1.29 is 96.5 Å². The molecule has 750 valence electrons. The molecule has 3 aromatic carbocycles. The monoisotopic (exact) mass is 1950 g/mol. The fourth-order valence-electron chi connectivity index (χ4n) is 16.9. The summed E-state index contributed by atoms with van der Waals surface area (Å²) in [5.41, 5.74) is 26.2. The molecule has 3 aliphatic rings. The number of imidazole rings is 1. The number of H-pyrrole nitrogens is 3. The Labute approximate surface area is 805 Å². The number of carboxylic acids is 1. The number of hydrogen-bond acceptors (Lipinski definition) is 24. The number of rotatable bonds is 28. The van der Waals surface area contributed by atoms with Gasteiger partial charge in [0.1, 0.15) is 84.6 Å². The number of nitriles is 1. The number of carbonyl (C=O) groups is 18. The summed E-state index contributed by atoms with van der Waals surface area (Å²) in [5, 5.41) is 69.3. The zero-order chi connectivity index (χ0) is 101. The predicted octanol–water partition coefficient (Wildman–Crippen LogP) is -3.59. The third kappa shape index (κ3) is 30.5. The number of amides is 17. The number of benzene rings is 3. The molecule has 139 heavy (non-hydrogen) atoms. The summed E-state index contributed by atoms with van der Waals surface area (Å²) in [6.07, 6.45) is 1.40. The Morgan fingerprint density at radius 1 is 0.554 bits per heavy atom. The van der Waals surface area contributed by atoms with Crippen LogP contribution in [-0.4, -0.2) is 323 Å². The van der Waals surface area contributed by atoms with Gasteiger partial charge in [-0.25, -0.2) is 4.98 Å². The number of aliphatic hydroxyl groups excluding tert-OH is 1. The number of para-hydroxylation sites is 2. The third-order valence-corrected chi connectivity index (χ3v) is 25.7. The molecular formula is C92H126N26O20S. The molecule has 3 aromatic heterocycles. The molecule has 46 nitrogen and oxygen atoms in total. The number of aliphatic hydroxyl groups is 1. The molecule has 47 heteroatoms. The second kappa shape index (κ2) is 52.1. The van der Waals surface area contributed by atoms with E-state index in [2.05, 4.69) is 78.4 Å². The maximum Gasteiger partial charge on any atom is 0.303 e. The Hall–Kier alpha value is -14.6. The summed E-state index contributed by atoms with van der Waals surface area (Å²) in [6.45, 7) is 3.13. The van der Waals surface area contributed by atoms with E-state index in [-0.39, 0.29) is 95.1 Å². The van der Waals surface area contributed by atoms with E-state index < -0.39 is 260 Å². The van der Waals surface area contributed by atoms with Gasteiger partial charge in [0.15, 0.2) is 5.96 Å². The summed E-state index contributed by atoms with van der Waals surface area (Å²) >= 11 is 0.751. The first-order valence-corrected chi connectivity index (χ1v) is 47.3. The fourth-order valence-corrected chi connectivity index (χ4v) is 17.8. The molecule has 6 aromatic rings. The van der Waals surface area contributed by atoms with Gasteiger partial charge < -0.3 is 131 Å². The highest BCUT2D eigenvalue weighted by Gasteiger charge is 2.47. The molecule has 3 fully saturated rings. The molecule has 9 rings (SSSR count). The number of thioether (sulfide) groups is 1. The van der Waals surface area contributed by atoms with E-state index in [1.807, 2.05) is 19.9 Å². The Balaban J connectivity index is 1.12. The van der Waals surface area contributed by atoms with Crippen molar-refractivity contribution in [1.29, 1.82) is 10.7 Å². The molecule has 15 atom stereocenters. The van der Waals surface area contributed by atoms with Gasteiger partial charge in [0.25, 0.3) is 0 Å². The van der Waals surface area contributed by atoms with Gasteiger partial charge in [-0.15, -0.1) is 11.8 Å². The molecular weight excluding hydrogens is 1820 g/mol. The molecule has 3 aliphatic heterocycles. The number of fused-ring (bicyclic) bond motifs is 4. The molecule has 0 spiro atoms. The molecule has 0 saturated carbocycles. The minimum Gasteiger partial charge on any atom is -0.481 e. The van der Waals surface area contributed by atoms with Crippen molar-refractivity contribution in [2.45, 2.75) is 233 Å². The van der Waals surface area contributed by atoms with E-state index in [4.69, 9.17) is 28.3 Å². The smallest absolute Gasteiger partial charge is 0.303 e. The van der Waals surface area contributed by atoms with Crippen LogP contribution >= 0.6 is 11.8 Å². The number of guanidine groups is 1. The average Bonchev–Trinajstić information content (AvgIpc) is 1.55. The van der Waals surface area contributed by atoms with Crippen LogP contribution in [0.2, 0.25) is 0 Å². The van der Waals surface area contributed by atoms with Gasteiger partial charge in [-0.1, -0.05) is 88.1 Å². The van der Waals surface area contributed by atoms with Crippen molar-refractivity contribution >= 4 is 146 Å². The molecule has 0 unspecified atom stereocenters. The van der Waals surface area contributed by atoms with Crippen LogP contribution in [0.15, 0.2) is 97.7 Å². The van der Waals surface area contributed by atoms with Gasteiger partial charge in [-0.2, -0.15) is 5.26 Å². The largest absolute Gasteiger partial charge is 0.481 e. The van der Waals surface area contributed by atoms with Gasteiger partial charge >= 0.3 is 5.97 Å². The van der Waals surface area contributed by atoms with Crippen molar-refractivity contribution in [3.05, 3.63) is 126 Å². The van der Waals surface area contributed by atoms with E-state index in [0.29, 0.717) is 64.2 Å². The van der Waals surface area contributed by atoms with E-state index >= 15 is 43.2 Å². The number of unbranched alkanes of at least 4 members (excludes halogenated alkanes) is 2. The molecule has 0 radical (unpaired) electrons. The van der Waals surface area contributed by atoms with Crippen LogP contribution in [0.25, 0.3) is 21.8 Å². The standard InChI is InChI=1S/C92H126N26O20S/c1-7-9-22-70-84(131)107-61(21-15-33-100-92(97)98)80(127)113-69(79(126)103-45-75(96)121)47-139-48-76(122)105-66(35-51-25-27-52(41-94)28-26-51)87(134)114(4)50(3)78(125)111-68(40-74(95)120)90(137)117-34-16-24-71(117)85(132)110-65(38-55-44-99-49-104-55)83(130)108-63(29-30-77(123)124)89(136)118-46-56(119)39-73(118)86(133)109-64(36-53-42-101-59-19-13-11-17-57(53)59)82(129)106-62(31-32-93)81(128)112-67(37-54-43-102-60-20-14-12-18-58(54)60)88(135)116(6)72(23-10-8-2)91(138)115(70)5/h11-14,17-20,25-28,42-44,49-50,56,61-73,101-102,119H,7-10,15-16,21-24,29-40,45-48,93H2,1-6H3,(H2,95,120)(H2,96,121)(H,99,104)(H,103,126)(H,105,122)(H,106,129)(H,107,131)(H,108,130)(H,109,133)(H,110,132)(H,111,125)(H,112,128)(H,113,127)(H,123,124)(H4,97,98,100)/t50-,56+,61-,62-,63-,64-,65-,66-,67+,68-,69-,70-,71-,72-,73-/m0/s1. The number of nitrogens with two attached hydrogens (primary N) is 4. The molecule has 17 amide bonds. The van der Waals surface area contributed by atoms with Crippen LogP contribution in [0.3, 0.4) is 0 Å². The third-order valence-electron chi connectivity index (χ3n) is 24.7. The van der Waals surface area contributed by atoms with Crippen LogP contribution in [-0.2, 0) is 112 Å². The molecule has 6 heterocycles. The van der Waals surface area contributed by atoms with Crippen LogP contribution < -0.4 is 81.4 Å². The molecule has 25 N–H and O–H groups in total. The minimum atomic E-state index is -1.85. The number of likely N-dealkylation sites (N-methyl/N-ethyl adjacent to an activating group) is 3. The van der Waals surface area contributed by atoms with Gasteiger partial charge in [0.05, 0.1) is 42.8 Å². The number of aromatic nitrogens is 4. The minimum absolute atomic E-state index is 0.0111. The van der Waals surface area contributed by atoms with E-state index in [1.54, 1.807) is 60.9 Å². The number of carbonyl (C=O) groups excluding carboxylic acids is 17. The van der Waals surface area contributed by atoms with E-state index in [9.17, 15) is 58.6 Å². The zero-order valence-electron chi connectivity index (χ0n) is 78.4. The highest BCUT2D eigenvalue weighted by molar-refractivity contribution is 8.00. The summed E-state index contributed by atoms with van der Waals surface area (Å²) in [7, 11) is 3.90. The SMILES string of the molecule is CCCC[C@H]1C(=O)N(C)[C@@H](CCCC)C(=O)N[C@@H](CCCNC(=N)N)C(=O)N[C@H](C(=O)NCC(N)=O)CSCC(=O)N[C@@H](Cc2ccc(C#N)cc2)C(=O)N(C)[C@@H](C)C(=O)N[C@@H](CC(N)=O)C(=O)N2CCC[C@H]2C(=O)N[C@@H](Cc2cnc[nH]2)C(=O)N[C@@H](CCC(=O)O)C(=O)N2C[C@H](O)C[C@H]2C(=O)N[C@@H](Cc2c[nH]c3ccccc23)C(=O)N[C@@H](CCN)C(=O)N[C@H](Cc2c[nH]c3ccccc23)C(=O)N1C. The Morgan fingerprint density at radius 3 is 1.69 bits per heavy atom. The van der Waals surface area contributed by atoms with Crippen LogP contribution in [0.4, 0.5) is 0 Å². The Bertz CT molecular complexity index is 5450. The molecule has 0 bridgehead atoms. The van der Waals surface area contributed by atoms with Crippen molar-refractivity contribution in [3.8, 4) is 6.07 Å². The lowest BCUT2D eigenvalue weighted by Gasteiger charge is -2.36. The second-order valence-electron chi connectivity index (χ2n) is 34.8. The van der Waals surface area contributed by atoms with Crippen LogP contribution in [0, 0.1) is 16.7 Å². The normalized spacial score (nSPS) is 24.3. The predicted molar refractivity (Wildman–Crippen MR) is 507 cm³/mol. The van der Waals surface area contributed by atoms with Gasteiger partial charge in [-0.3, -0.25) is 91.7 Å². The average molecular weight is 1950 g/mol. The first-order valence-electron chi connectivity index (χ1n) is 46.1. The maximum absolute atomic E-state index is 15.9. The lowest BCUT2D eigenvalue weighted by molar-refractivity contribution is -0.149. The summed E-state index contributed by atoms with van der Waals surface area (Å²) in [4.78, 5) is 282. The lowest BCUT2D eigenvalue weighted by atomic mass is 9.99. The van der Waals surface area contributed by atoms with E-state index in [0.717, 1.165) is 36.3 Å². The Morgan fingerprint density at radius 2 is 1.09 bits per heavy atom. The number of primary amides is 2. The van der Waals surface area contributed by atoms with Crippen molar-refractivity contribution in [2.24, 2.45) is 22.9 Å². The zero-order valence-corrected chi connectivity index (χ0v) is 79.2. The number of nitrogens with zero attached hydrogens (tertiary/aromatic N) is 7. The number of nitrogens with one attached hydrogen (secondary N) is 15. The van der Waals surface area contributed by atoms with Crippen molar-refractivity contribution in [1.82, 2.24) is 103 Å². The summed E-state index contributed by atoms with van der Waals surface area (Å²) in [6, 6.07) is -0.464. The first-order chi connectivity index (χ1) is 66.3. The number of aliphatic carboxylic acids is 1. The van der Waals surface area contributed by atoms with Gasteiger partial charge in [-0.05, 0) is 106 Å². The highest BCUT2D eigenvalue weighted by Crippen LogP contribution is 2.28. The summed E-state index contributed by atoms with van der Waals surface area (Å²) in [5.74, 6) is -19.5. The van der Waals surface area contributed by atoms with Crippen molar-refractivity contribution in [2.75, 3.05) is 65.4 Å². The van der Waals surface area contributed by atoms with Crippen LogP contribution in [0.1, 0.15) is 145 Å². The van der Waals surface area contributed by atoms with Crippen molar-refractivity contribution in [3.63, 3.8) is 0 Å².